The van der Waals surface area contributed by atoms with Crippen LogP contribution in [-0.2, 0) is 9.53 Å². The Labute approximate surface area is 101 Å². The number of nitrogens with one attached hydrogen (secondary N) is 1. The van der Waals surface area contributed by atoms with Gasteiger partial charge in [-0.2, -0.15) is 0 Å². The van der Waals surface area contributed by atoms with E-state index in [1.54, 1.807) is 11.8 Å². The Hall–Kier alpha value is -0.700. The van der Waals surface area contributed by atoms with E-state index in [-0.39, 0.29) is 11.9 Å². The normalized spacial score (nSPS) is 28.7. The Balaban J connectivity index is 2.27. The molecule has 90 valence electrons. The summed E-state index contributed by atoms with van der Waals surface area (Å²) in [4.78, 5) is 11.9. The van der Waals surface area contributed by atoms with Gasteiger partial charge in [0.25, 0.3) is 0 Å². The fourth-order valence-electron chi connectivity index (χ4n) is 1.49. The van der Waals surface area contributed by atoms with Crippen molar-refractivity contribution in [3.63, 3.8) is 0 Å². The summed E-state index contributed by atoms with van der Waals surface area (Å²) in [7, 11) is 0. The van der Waals surface area contributed by atoms with Crippen LogP contribution in [0, 0.1) is 17.8 Å². The van der Waals surface area contributed by atoms with E-state index in [9.17, 15) is 4.79 Å². The van der Waals surface area contributed by atoms with Crippen molar-refractivity contribution in [2.75, 3.05) is 31.3 Å². The summed E-state index contributed by atoms with van der Waals surface area (Å²) < 4.78 is 5.22. The molecule has 1 aliphatic rings. The summed E-state index contributed by atoms with van der Waals surface area (Å²) in [5.74, 6) is 4.00. The minimum absolute atomic E-state index is 0.0289. The van der Waals surface area contributed by atoms with Gasteiger partial charge in [0.1, 0.15) is 0 Å². The van der Waals surface area contributed by atoms with E-state index in [4.69, 9.17) is 16.9 Å². The number of rotatable bonds is 5. The van der Waals surface area contributed by atoms with E-state index >= 15 is 0 Å². The highest BCUT2D eigenvalue weighted by molar-refractivity contribution is 7.99. The monoisotopic (exact) mass is 242 g/mol. The van der Waals surface area contributed by atoms with Crippen LogP contribution in [0.15, 0.2) is 0 Å². The van der Waals surface area contributed by atoms with Crippen molar-refractivity contribution in [3.8, 4) is 12.3 Å². The molecule has 0 spiro atoms. The maximum absolute atomic E-state index is 11.9. The van der Waals surface area contributed by atoms with Crippen LogP contribution < -0.4 is 11.1 Å². The first-order valence-electron chi connectivity index (χ1n) is 5.24. The summed E-state index contributed by atoms with van der Waals surface area (Å²) in [5.41, 5.74) is 5.26. The van der Waals surface area contributed by atoms with Gasteiger partial charge in [-0.3, -0.25) is 4.79 Å². The Morgan fingerprint density at radius 1 is 1.81 bits per heavy atom. The molecule has 16 heavy (non-hydrogen) atoms. The summed E-state index contributed by atoms with van der Waals surface area (Å²) in [5, 5.41) is 2.87. The van der Waals surface area contributed by atoms with Gasteiger partial charge in [0.15, 0.2) is 0 Å². The molecule has 0 bridgehead atoms. The Kier molecular flexibility index (Phi) is 5.13. The lowest BCUT2D eigenvalue weighted by Crippen LogP contribution is -2.50. The number of terminal acetylenes is 1. The van der Waals surface area contributed by atoms with E-state index < -0.39 is 5.41 Å². The molecule has 4 nitrogen and oxygen atoms in total. The second kappa shape index (κ2) is 6.14. The predicted molar refractivity (Wildman–Crippen MR) is 66.1 cm³/mol. The first-order chi connectivity index (χ1) is 7.61. The van der Waals surface area contributed by atoms with E-state index in [0.717, 1.165) is 5.75 Å². The van der Waals surface area contributed by atoms with Gasteiger partial charge in [-0.15, -0.1) is 18.2 Å². The van der Waals surface area contributed by atoms with Gasteiger partial charge in [-0.25, -0.2) is 0 Å². The lowest BCUT2D eigenvalue weighted by atomic mass is 9.85. The summed E-state index contributed by atoms with van der Waals surface area (Å²) in [6.45, 7) is 3.31. The van der Waals surface area contributed by atoms with Crippen molar-refractivity contribution in [2.24, 2.45) is 11.1 Å². The van der Waals surface area contributed by atoms with E-state index in [1.165, 1.54) is 0 Å². The summed E-state index contributed by atoms with van der Waals surface area (Å²) in [6.07, 6.45) is 5.12. The maximum Gasteiger partial charge on any atom is 0.229 e. The number of nitrogens with two attached hydrogens (primary N) is 1. The molecule has 0 radical (unpaired) electrons. The maximum atomic E-state index is 11.9. The predicted octanol–water partition coefficient (Wildman–Crippen LogP) is -0.167. The van der Waals surface area contributed by atoms with Gasteiger partial charge in [0.05, 0.1) is 24.4 Å². The highest BCUT2D eigenvalue weighted by Gasteiger charge is 2.44. The molecule has 0 aliphatic carbocycles. The van der Waals surface area contributed by atoms with Gasteiger partial charge in [-0.05, 0) is 6.92 Å². The second-order valence-corrected chi connectivity index (χ2v) is 5.16. The van der Waals surface area contributed by atoms with Crippen molar-refractivity contribution in [1.82, 2.24) is 5.32 Å². The van der Waals surface area contributed by atoms with Gasteiger partial charge >= 0.3 is 0 Å². The van der Waals surface area contributed by atoms with Gasteiger partial charge in [0.2, 0.25) is 5.91 Å². The minimum Gasteiger partial charge on any atom is -0.379 e. The zero-order chi connectivity index (χ0) is 12.0. The molecule has 1 aliphatic heterocycles. The van der Waals surface area contributed by atoms with Crippen LogP contribution in [0.5, 0.6) is 0 Å². The summed E-state index contributed by atoms with van der Waals surface area (Å²) >= 11 is 1.62. The van der Waals surface area contributed by atoms with Crippen molar-refractivity contribution in [1.29, 1.82) is 0 Å². The fraction of sp³-hybridized carbons (Fsp3) is 0.727. The number of carbonyl (C=O) groups excluding carboxylic acids is 1. The van der Waals surface area contributed by atoms with Crippen LogP contribution in [0.4, 0.5) is 0 Å². The molecular formula is C11H18N2O2S. The molecule has 2 unspecified atom stereocenters. The highest BCUT2D eigenvalue weighted by Crippen LogP contribution is 2.26. The topological polar surface area (TPSA) is 64.3 Å². The molecule has 0 aromatic heterocycles. The number of ether oxygens (including phenoxy) is 1. The second-order valence-electron chi connectivity index (χ2n) is 4.05. The number of amides is 1. The Morgan fingerprint density at radius 3 is 3.12 bits per heavy atom. The molecular weight excluding hydrogens is 224 g/mol. The molecule has 0 aromatic carbocycles. The SMILES string of the molecule is C#CCSCCNC(=O)C1(C)COCC1N. The van der Waals surface area contributed by atoms with E-state index in [2.05, 4.69) is 11.2 Å². The molecule has 1 heterocycles. The largest absolute Gasteiger partial charge is 0.379 e. The lowest BCUT2D eigenvalue weighted by molar-refractivity contribution is -0.130. The van der Waals surface area contributed by atoms with Crippen LogP contribution in [0.25, 0.3) is 0 Å². The first-order valence-corrected chi connectivity index (χ1v) is 6.39. The average Bonchev–Trinajstić information content (AvgIpc) is 2.60. The molecule has 0 aromatic rings. The van der Waals surface area contributed by atoms with Crippen molar-refractivity contribution >= 4 is 17.7 Å². The third-order valence-electron chi connectivity index (χ3n) is 2.75. The number of carbonyl (C=O) groups is 1. The van der Waals surface area contributed by atoms with Crippen molar-refractivity contribution in [3.05, 3.63) is 0 Å². The van der Waals surface area contributed by atoms with Crippen LogP contribution in [0.3, 0.4) is 0 Å². The Bertz CT molecular complexity index is 290. The minimum atomic E-state index is -0.587. The standard InChI is InChI=1S/C11H18N2O2S/c1-3-5-16-6-4-13-10(14)11(2)8-15-7-9(11)12/h1,9H,4-8,12H2,2H3,(H,13,14). The van der Waals surface area contributed by atoms with Crippen LogP contribution in [-0.4, -0.2) is 43.2 Å². The zero-order valence-electron chi connectivity index (χ0n) is 9.49. The third kappa shape index (κ3) is 3.14. The molecule has 1 fully saturated rings. The summed E-state index contributed by atoms with van der Waals surface area (Å²) in [6, 6.07) is -0.217. The zero-order valence-corrected chi connectivity index (χ0v) is 10.3. The van der Waals surface area contributed by atoms with Crippen LogP contribution >= 0.6 is 11.8 Å². The highest BCUT2D eigenvalue weighted by atomic mass is 32.2. The lowest BCUT2D eigenvalue weighted by Gasteiger charge is -2.25. The molecule has 3 N–H and O–H groups in total. The average molecular weight is 242 g/mol. The third-order valence-corrected chi connectivity index (χ3v) is 3.62. The van der Waals surface area contributed by atoms with Crippen molar-refractivity contribution < 1.29 is 9.53 Å². The molecule has 1 saturated heterocycles. The van der Waals surface area contributed by atoms with E-state index in [0.29, 0.717) is 25.5 Å². The van der Waals surface area contributed by atoms with Crippen molar-refractivity contribution in [2.45, 2.75) is 13.0 Å². The molecule has 1 rings (SSSR count). The fourth-order valence-corrected chi connectivity index (χ4v) is 2.00. The number of hydrogen-bond donors (Lipinski definition) is 2. The van der Waals surface area contributed by atoms with Crippen LogP contribution in [0.1, 0.15) is 6.92 Å². The molecule has 1 amide bonds. The Morgan fingerprint density at radius 2 is 2.56 bits per heavy atom. The van der Waals surface area contributed by atoms with Gasteiger partial charge in [0, 0.05) is 18.3 Å². The number of hydrogen-bond acceptors (Lipinski definition) is 4. The van der Waals surface area contributed by atoms with Gasteiger partial charge < -0.3 is 15.8 Å². The molecule has 0 saturated carbocycles. The number of thioether (sulfide) groups is 1. The first kappa shape index (κ1) is 13.4. The van der Waals surface area contributed by atoms with E-state index in [1.807, 2.05) is 6.92 Å². The van der Waals surface area contributed by atoms with Gasteiger partial charge in [-0.1, -0.05) is 5.92 Å². The smallest absolute Gasteiger partial charge is 0.229 e. The van der Waals surface area contributed by atoms with Crippen LogP contribution in [0.2, 0.25) is 0 Å². The molecule has 2 atom stereocenters. The quantitative estimate of drug-likeness (QED) is 0.519. The molecule has 5 heteroatoms.